The van der Waals surface area contributed by atoms with Crippen LogP contribution < -0.4 is 10.1 Å². The number of rotatable bonds is 6. The van der Waals surface area contributed by atoms with Crippen molar-refractivity contribution in [3.63, 3.8) is 0 Å². The van der Waals surface area contributed by atoms with Crippen LogP contribution in [0.15, 0.2) is 42.5 Å². The summed E-state index contributed by atoms with van der Waals surface area (Å²) in [5.74, 6) is 0.517. The molecule has 25 heavy (non-hydrogen) atoms. The Morgan fingerprint density at radius 1 is 1.00 bits per heavy atom. The lowest BCUT2D eigenvalue weighted by atomic mass is 10.1. The SMILES string of the molecule is Fc1ccccc1COc1ccc(Cl)cc1CNC1CCCCCC1. The summed E-state index contributed by atoms with van der Waals surface area (Å²) in [6.07, 6.45) is 7.73. The minimum atomic E-state index is -0.241. The van der Waals surface area contributed by atoms with Crippen LogP contribution >= 0.6 is 11.6 Å². The Balaban J connectivity index is 1.64. The quantitative estimate of drug-likeness (QED) is 0.649. The highest BCUT2D eigenvalue weighted by atomic mass is 35.5. The molecule has 0 aromatic heterocycles. The Hall–Kier alpha value is -1.58. The van der Waals surface area contributed by atoms with Crippen molar-refractivity contribution in [2.24, 2.45) is 0 Å². The van der Waals surface area contributed by atoms with Crippen molar-refractivity contribution in [2.75, 3.05) is 0 Å². The summed E-state index contributed by atoms with van der Waals surface area (Å²) < 4.78 is 19.7. The van der Waals surface area contributed by atoms with Crippen molar-refractivity contribution >= 4 is 11.6 Å². The molecule has 1 aliphatic carbocycles. The van der Waals surface area contributed by atoms with Gasteiger partial charge < -0.3 is 10.1 Å². The molecule has 0 saturated heterocycles. The highest BCUT2D eigenvalue weighted by Gasteiger charge is 2.13. The summed E-state index contributed by atoms with van der Waals surface area (Å²) in [4.78, 5) is 0. The van der Waals surface area contributed by atoms with E-state index in [1.807, 2.05) is 24.3 Å². The van der Waals surface area contributed by atoms with E-state index in [0.29, 0.717) is 16.6 Å². The van der Waals surface area contributed by atoms with E-state index in [1.165, 1.54) is 44.6 Å². The molecule has 2 aromatic carbocycles. The first-order valence-electron chi connectivity index (χ1n) is 9.10. The molecule has 1 aliphatic rings. The molecule has 1 N–H and O–H groups in total. The number of ether oxygens (including phenoxy) is 1. The highest BCUT2D eigenvalue weighted by molar-refractivity contribution is 6.30. The Morgan fingerprint density at radius 2 is 1.76 bits per heavy atom. The second-order valence-corrected chi connectivity index (χ2v) is 7.14. The monoisotopic (exact) mass is 361 g/mol. The van der Waals surface area contributed by atoms with Gasteiger partial charge in [0.25, 0.3) is 0 Å². The minimum Gasteiger partial charge on any atom is -0.488 e. The van der Waals surface area contributed by atoms with Crippen molar-refractivity contribution in [2.45, 2.75) is 57.7 Å². The van der Waals surface area contributed by atoms with Gasteiger partial charge in [-0.05, 0) is 37.1 Å². The van der Waals surface area contributed by atoms with Gasteiger partial charge in [-0.15, -0.1) is 0 Å². The molecule has 1 saturated carbocycles. The molecule has 0 unspecified atom stereocenters. The number of halogens is 2. The van der Waals surface area contributed by atoms with Crippen molar-refractivity contribution in [1.29, 1.82) is 0 Å². The topological polar surface area (TPSA) is 21.3 Å². The van der Waals surface area contributed by atoms with Crippen molar-refractivity contribution in [3.8, 4) is 5.75 Å². The maximum absolute atomic E-state index is 13.8. The average Bonchev–Trinajstić information content (AvgIpc) is 2.89. The Bertz CT molecular complexity index is 683. The van der Waals surface area contributed by atoms with Gasteiger partial charge in [0.2, 0.25) is 0 Å². The lowest BCUT2D eigenvalue weighted by Crippen LogP contribution is -2.28. The zero-order valence-corrected chi connectivity index (χ0v) is 15.2. The van der Waals surface area contributed by atoms with Crippen LogP contribution in [0.3, 0.4) is 0 Å². The fourth-order valence-electron chi connectivity index (χ4n) is 3.34. The summed E-state index contributed by atoms with van der Waals surface area (Å²) in [7, 11) is 0. The summed E-state index contributed by atoms with van der Waals surface area (Å²) in [6.45, 7) is 0.933. The van der Waals surface area contributed by atoms with E-state index in [2.05, 4.69) is 5.32 Å². The summed E-state index contributed by atoms with van der Waals surface area (Å²) >= 11 is 6.16. The van der Waals surface area contributed by atoms with Crippen LogP contribution in [0.4, 0.5) is 4.39 Å². The molecule has 2 aromatic rings. The first-order valence-corrected chi connectivity index (χ1v) is 9.48. The maximum Gasteiger partial charge on any atom is 0.129 e. The van der Waals surface area contributed by atoms with E-state index in [0.717, 1.165) is 17.9 Å². The first kappa shape index (κ1) is 18.2. The molecule has 0 atom stereocenters. The standard InChI is InChI=1S/C21H25ClFNO/c22-18-11-12-21(25-15-16-7-5-6-10-20(16)23)17(13-18)14-24-19-8-3-1-2-4-9-19/h5-7,10-13,19,24H,1-4,8-9,14-15H2. The third-order valence-electron chi connectivity index (χ3n) is 4.80. The van der Waals surface area contributed by atoms with Gasteiger partial charge in [0.15, 0.2) is 0 Å². The summed E-state index contributed by atoms with van der Waals surface area (Å²) in [5.41, 5.74) is 1.58. The second kappa shape index (κ2) is 9.21. The van der Waals surface area contributed by atoms with E-state index < -0.39 is 0 Å². The molecule has 0 heterocycles. The van der Waals surface area contributed by atoms with Crippen LogP contribution in [0.2, 0.25) is 5.02 Å². The number of hydrogen-bond donors (Lipinski definition) is 1. The third-order valence-corrected chi connectivity index (χ3v) is 5.04. The molecule has 134 valence electrons. The number of benzene rings is 2. The molecular weight excluding hydrogens is 337 g/mol. The smallest absolute Gasteiger partial charge is 0.129 e. The average molecular weight is 362 g/mol. The Kier molecular flexibility index (Phi) is 6.71. The summed E-state index contributed by atoms with van der Waals surface area (Å²) in [6, 6.07) is 12.9. The van der Waals surface area contributed by atoms with Crippen molar-refractivity contribution in [1.82, 2.24) is 5.32 Å². The van der Waals surface area contributed by atoms with Gasteiger partial charge in [-0.25, -0.2) is 4.39 Å². The molecule has 0 radical (unpaired) electrons. The molecule has 3 rings (SSSR count). The first-order chi connectivity index (χ1) is 12.2. The van der Waals surface area contributed by atoms with Gasteiger partial charge in [-0.1, -0.05) is 55.5 Å². The van der Waals surface area contributed by atoms with Gasteiger partial charge in [-0.2, -0.15) is 0 Å². The highest BCUT2D eigenvalue weighted by Crippen LogP contribution is 2.25. The largest absolute Gasteiger partial charge is 0.488 e. The minimum absolute atomic E-state index is 0.213. The number of nitrogens with one attached hydrogen (secondary N) is 1. The fourth-order valence-corrected chi connectivity index (χ4v) is 3.53. The van der Waals surface area contributed by atoms with Gasteiger partial charge in [0, 0.05) is 28.7 Å². The van der Waals surface area contributed by atoms with Gasteiger partial charge >= 0.3 is 0 Å². The summed E-state index contributed by atoms with van der Waals surface area (Å²) in [5, 5.41) is 4.33. The predicted octanol–water partition coefficient (Wildman–Crippen LogP) is 5.87. The van der Waals surface area contributed by atoms with Gasteiger partial charge in [0.05, 0.1) is 0 Å². The van der Waals surface area contributed by atoms with Crippen LogP contribution in [-0.2, 0) is 13.2 Å². The fraction of sp³-hybridized carbons (Fsp3) is 0.429. The van der Waals surface area contributed by atoms with Crippen LogP contribution in [0.5, 0.6) is 5.75 Å². The number of hydrogen-bond acceptors (Lipinski definition) is 2. The molecule has 0 spiro atoms. The molecule has 1 fully saturated rings. The van der Waals surface area contributed by atoms with Crippen molar-refractivity contribution < 1.29 is 9.13 Å². The molecule has 0 aliphatic heterocycles. The zero-order valence-electron chi connectivity index (χ0n) is 14.4. The van der Waals surface area contributed by atoms with E-state index in [4.69, 9.17) is 16.3 Å². The second-order valence-electron chi connectivity index (χ2n) is 6.70. The Labute approximate surface area is 154 Å². The molecule has 0 amide bonds. The van der Waals surface area contributed by atoms with Crippen LogP contribution in [0.25, 0.3) is 0 Å². The van der Waals surface area contributed by atoms with E-state index in [1.54, 1.807) is 12.1 Å². The van der Waals surface area contributed by atoms with Crippen LogP contribution in [0, 0.1) is 5.82 Å². The van der Waals surface area contributed by atoms with Gasteiger partial charge in [0.1, 0.15) is 18.2 Å². The third kappa shape index (κ3) is 5.45. The van der Waals surface area contributed by atoms with Crippen LogP contribution in [0.1, 0.15) is 49.7 Å². The molecule has 2 nitrogen and oxygen atoms in total. The van der Waals surface area contributed by atoms with Crippen LogP contribution in [-0.4, -0.2) is 6.04 Å². The Morgan fingerprint density at radius 3 is 2.52 bits per heavy atom. The van der Waals surface area contributed by atoms with E-state index in [9.17, 15) is 4.39 Å². The predicted molar refractivity (Wildman–Crippen MR) is 101 cm³/mol. The zero-order chi connectivity index (χ0) is 17.5. The van der Waals surface area contributed by atoms with Gasteiger partial charge in [-0.3, -0.25) is 0 Å². The normalized spacial score (nSPS) is 15.8. The molecular formula is C21H25ClFNO. The molecule has 0 bridgehead atoms. The van der Waals surface area contributed by atoms with Crippen molar-refractivity contribution in [3.05, 3.63) is 64.4 Å². The molecule has 4 heteroatoms. The maximum atomic E-state index is 13.8. The lowest BCUT2D eigenvalue weighted by Gasteiger charge is -2.18. The van der Waals surface area contributed by atoms with E-state index in [-0.39, 0.29) is 12.4 Å². The van der Waals surface area contributed by atoms with E-state index >= 15 is 0 Å². The lowest BCUT2D eigenvalue weighted by molar-refractivity contribution is 0.295.